The Bertz CT molecular complexity index is 921. The Morgan fingerprint density at radius 3 is 1.63 bits per heavy atom. The Morgan fingerprint density at radius 1 is 0.704 bits per heavy atom. The van der Waals surface area contributed by atoms with Gasteiger partial charge >= 0.3 is 0 Å². The van der Waals surface area contributed by atoms with Crippen molar-refractivity contribution in [3.8, 4) is 0 Å². The van der Waals surface area contributed by atoms with E-state index >= 15 is 0 Å². The largest absolute Gasteiger partial charge is 0.293 e. The molecular formula is C22H19NO4. The summed E-state index contributed by atoms with van der Waals surface area (Å²) in [5.41, 5.74) is 0.805. The predicted molar refractivity (Wildman–Crippen MR) is 98.9 cm³/mol. The monoisotopic (exact) mass is 361 g/mol. The van der Waals surface area contributed by atoms with E-state index < -0.39 is 5.41 Å². The number of hydrogen-bond acceptors (Lipinski definition) is 4. The molecule has 0 fully saturated rings. The highest BCUT2D eigenvalue weighted by atomic mass is 16.2. The Kier molecular flexibility index (Phi) is 4.02. The quantitative estimate of drug-likeness (QED) is 0.464. The maximum atomic E-state index is 12.7. The fraction of sp³-hybridized carbons (Fsp3) is 0.273. The van der Waals surface area contributed by atoms with E-state index in [2.05, 4.69) is 0 Å². The van der Waals surface area contributed by atoms with Crippen LogP contribution >= 0.6 is 0 Å². The van der Waals surface area contributed by atoms with Gasteiger partial charge in [0, 0.05) is 17.7 Å². The first-order chi connectivity index (χ1) is 12.9. The van der Waals surface area contributed by atoms with Crippen LogP contribution in [-0.4, -0.2) is 34.8 Å². The summed E-state index contributed by atoms with van der Waals surface area (Å²) in [4.78, 5) is 51.4. The first-order valence-corrected chi connectivity index (χ1v) is 9.09. The topological polar surface area (TPSA) is 71.5 Å². The summed E-state index contributed by atoms with van der Waals surface area (Å²) in [6, 6.07) is 13.7. The predicted octanol–water partition coefficient (Wildman–Crippen LogP) is 3.54. The zero-order valence-corrected chi connectivity index (χ0v) is 15.0. The minimum Gasteiger partial charge on any atom is -0.293 e. The van der Waals surface area contributed by atoms with Gasteiger partial charge in [0.05, 0.1) is 16.5 Å². The number of carbonyl (C=O) groups excluding carboxylic acids is 4. The second kappa shape index (κ2) is 6.27. The van der Waals surface area contributed by atoms with E-state index in [4.69, 9.17) is 0 Å². The van der Waals surface area contributed by atoms with E-state index in [1.165, 1.54) is 4.90 Å². The number of nitrogens with zero attached hydrogens (tertiary/aromatic N) is 1. The molecule has 5 heteroatoms. The summed E-state index contributed by atoms with van der Waals surface area (Å²) in [5.74, 6) is -0.822. The first-order valence-electron chi connectivity index (χ1n) is 9.09. The molecule has 27 heavy (non-hydrogen) atoms. The van der Waals surface area contributed by atoms with Gasteiger partial charge in [-0.2, -0.15) is 0 Å². The zero-order chi connectivity index (χ0) is 19.2. The molecule has 0 unspecified atom stereocenters. The van der Waals surface area contributed by atoms with Gasteiger partial charge in [0.2, 0.25) is 0 Å². The number of rotatable bonds is 5. The summed E-state index contributed by atoms with van der Waals surface area (Å²) < 4.78 is 0. The van der Waals surface area contributed by atoms with Crippen molar-refractivity contribution in [2.75, 3.05) is 6.54 Å². The SMILES string of the molecule is CC1(CCCCN2C(=O)c3ccccc3C2=O)C(=O)c2ccccc2C1=O. The molecule has 0 bridgehead atoms. The molecule has 0 N–H and O–H groups in total. The number of carbonyl (C=O) groups is 4. The molecule has 0 saturated carbocycles. The minimum absolute atomic E-state index is 0.135. The summed E-state index contributed by atoms with van der Waals surface area (Å²) in [7, 11) is 0. The Balaban J connectivity index is 1.39. The highest BCUT2D eigenvalue weighted by Crippen LogP contribution is 2.40. The van der Waals surface area contributed by atoms with Crippen LogP contribution in [0.5, 0.6) is 0 Å². The number of fused-ring (bicyclic) bond motifs is 2. The van der Waals surface area contributed by atoms with Gasteiger partial charge in [-0.05, 0) is 31.9 Å². The third-order valence-corrected chi connectivity index (χ3v) is 5.61. The van der Waals surface area contributed by atoms with Crippen LogP contribution in [0.25, 0.3) is 0 Å². The molecule has 1 aliphatic heterocycles. The lowest BCUT2D eigenvalue weighted by Crippen LogP contribution is -2.32. The normalized spacial score (nSPS) is 17.4. The van der Waals surface area contributed by atoms with E-state index in [-0.39, 0.29) is 29.9 Å². The van der Waals surface area contributed by atoms with Crippen molar-refractivity contribution in [3.63, 3.8) is 0 Å². The molecule has 1 aliphatic carbocycles. The number of Topliss-reactive ketones (excluding diaryl/α,β-unsaturated/α-hetero) is 2. The highest BCUT2D eigenvalue weighted by molar-refractivity contribution is 6.29. The van der Waals surface area contributed by atoms with Crippen molar-refractivity contribution in [2.45, 2.75) is 26.2 Å². The van der Waals surface area contributed by atoms with Crippen LogP contribution in [0, 0.1) is 5.41 Å². The maximum Gasteiger partial charge on any atom is 0.261 e. The number of benzene rings is 2. The molecule has 2 aliphatic rings. The number of amides is 2. The Hall–Kier alpha value is -3.08. The molecule has 2 aromatic rings. The molecule has 0 spiro atoms. The lowest BCUT2D eigenvalue weighted by atomic mass is 9.80. The van der Waals surface area contributed by atoms with Gasteiger partial charge < -0.3 is 0 Å². The van der Waals surface area contributed by atoms with Crippen molar-refractivity contribution in [1.82, 2.24) is 4.90 Å². The fourth-order valence-corrected chi connectivity index (χ4v) is 3.99. The third kappa shape index (κ3) is 2.53. The van der Waals surface area contributed by atoms with Crippen molar-refractivity contribution in [1.29, 1.82) is 0 Å². The molecule has 2 aromatic carbocycles. The van der Waals surface area contributed by atoms with Crippen LogP contribution in [0.3, 0.4) is 0 Å². The molecule has 1 heterocycles. The lowest BCUT2D eigenvalue weighted by Gasteiger charge is -2.21. The second-order valence-electron chi connectivity index (χ2n) is 7.30. The fourth-order valence-electron chi connectivity index (χ4n) is 3.99. The highest BCUT2D eigenvalue weighted by Gasteiger charge is 2.48. The Labute approximate surface area is 157 Å². The first kappa shape index (κ1) is 17.3. The Morgan fingerprint density at radius 2 is 1.15 bits per heavy atom. The molecule has 0 atom stereocenters. The van der Waals surface area contributed by atoms with E-state index in [1.807, 2.05) is 0 Å². The van der Waals surface area contributed by atoms with Gasteiger partial charge in [0.25, 0.3) is 11.8 Å². The zero-order valence-electron chi connectivity index (χ0n) is 15.0. The third-order valence-electron chi connectivity index (χ3n) is 5.61. The average Bonchev–Trinajstić information content (AvgIpc) is 3.04. The van der Waals surface area contributed by atoms with Crippen LogP contribution in [0.1, 0.15) is 67.6 Å². The van der Waals surface area contributed by atoms with E-state index in [0.717, 1.165) is 0 Å². The molecule has 2 amide bonds. The van der Waals surface area contributed by atoms with Crippen molar-refractivity contribution in [2.24, 2.45) is 5.41 Å². The number of imide groups is 1. The van der Waals surface area contributed by atoms with Gasteiger partial charge in [-0.1, -0.05) is 42.8 Å². The molecule has 0 saturated heterocycles. The van der Waals surface area contributed by atoms with Gasteiger partial charge in [-0.15, -0.1) is 0 Å². The number of hydrogen-bond donors (Lipinski definition) is 0. The van der Waals surface area contributed by atoms with E-state index in [1.54, 1.807) is 55.5 Å². The van der Waals surface area contributed by atoms with Crippen LogP contribution in [0.2, 0.25) is 0 Å². The van der Waals surface area contributed by atoms with Crippen LogP contribution in [-0.2, 0) is 0 Å². The van der Waals surface area contributed by atoms with Gasteiger partial charge in [0.1, 0.15) is 0 Å². The lowest BCUT2D eigenvalue weighted by molar-refractivity contribution is 0.0633. The maximum absolute atomic E-state index is 12.7. The van der Waals surface area contributed by atoms with Crippen LogP contribution in [0.15, 0.2) is 48.5 Å². The molecule has 0 radical (unpaired) electrons. The second-order valence-corrected chi connectivity index (χ2v) is 7.30. The summed E-state index contributed by atoms with van der Waals surface area (Å²) >= 11 is 0. The van der Waals surface area contributed by atoms with Crippen LogP contribution in [0.4, 0.5) is 0 Å². The molecule has 5 nitrogen and oxygen atoms in total. The van der Waals surface area contributed by atoms with E-state index in [0.29, 0.717) is 41.5 Å². The average molecular weight is 361 g/mol. The van der Waals surface area contributed by atoms with Crippen LogP contribution < -0.4 is 0 Å². The van der Waals surface area contributed by atoms with Gasteiger partial charge in [0.15, 0.2) is 11.6 Å². The summed E-state index contributed by atoms with van der Waals surface area (Å²) in [5, 5.41) is 0. The number of ketones is 2. The summed E-state index contributed by atoms with van der Waals surface area (Å²) in [6.07, 6.45) is 1.54. The van der Waals surface area contributed by atoms with Crippen molar-refractivity contribution in [3.05, 3.63) is 70.8 Å². The van der Waals surface area contributed by atoms with Gasteiger partial charge in [-0.3, -0.25) is 24.1 Å². The molecular weight excluding hydrogens is 342 g/mol. The molecule has 4 rings (SSSR count). The molecule has 0 aromatic heterocycles. The standard InChI is InChI=1S/C22H19NO4/c1-22(18(24)14-8-2-3-9-15(14)19(22)25)12-6-7-13-23-20(26)16-10-4-5-11-17(16)21(23)27/h2-5,8-11H,6-7,12-13H2,1H3. The smallest absolute Gasteiger partial charge is 0.261 e. The van der Waals surface area contributed by atoms with Crippen molar-refractivity contribution < 1.29 is 19.2 Å². The van der Waals surface area contributed by atoms with E-state index in [9.17, 15) is 19.2 Å². The molecule has 136 valence electrons. The minimum atomic E-state index is -1.05. The van der Waals surface area contributed by atoms with Gasteiger partial charge in [-0.25, -0.2) is 0 Å². The van der Waals surface area contributed by atoms with Crippen molar-refractivity contribution >= 4 is 23.4 Å². The number of unbranched alkanes of at least 4 members (excludes halogenated alkanes) is 1. The summed E-state index contributed by atoms with van der Waals surface area (Å²) in [6.45, 7) is 1.98.